The van der Waals surface area contributed by atoms with Gasteiger partial charge in [0.15, 0.2) is 6.79 Å². The van der Waals surface area contributed by atoms with Crippen LogP contribution in [-0.4, -0.2) is 19.4 Å². The van der Waals surface area contributed by atoms with Crippen LogP contribution in [0.5, 0.6) is 5.75 Å². The van der Waals surface area contributed by atoms with E-state index in [4.69, 9.17) is 15.2 Å². The zero-order valence-electron chi connectivity index (χ0n) is 10.4. The Morgan fingerprint density at radius 3 is 2.76 bits per heavy atom. The van der Waals surface area contributed by atoms with Crippen LogP contribution < -0.4 is 10.5 Å². The Morgan fingerprint density at radius 1 is 1.35 bits per heavy atom. The van der Waals surface area contributed by atoms with Gasteiger partial charge in [0.2, 0.25) is 0 Å². The Bertz CT molecular complexity index is 344. The summed E-state index contributed by atoms with van der Waals surface area (Å²) in [7, 11) is 0. The molecule has 0 saturated carbocycles. The van der Waals surface area contributed by atoms with E-state index in [-0.39, 0.29) is 12.8 Å². The lowest BCUT2D eigenvalue weighted by molar-refractivity contribution is 0.0213. The molecule has 1 aromatic rings. The lowest BCUT2D eigenvalue weighted by Crippen LogP contribution is -2.22. The molecule has 0 bridgehead atoms. The molecule has 0 spiro atoms. The number of rotatable bonds is 7. The van der Waals surface area contributed by atoms with E-state index in [1.807, 2.05) is 25.1 Å². The van der Waals surface area contributed by atoms with Gasteiger partial charge in [-0.15, -0.1) is 0 Å². The van der Waals surface area contributed by atoms with Crippen molar-refractivity contribution in [2.45, 2.75) is 32.7 Å². The van der Waals surface area contributed by atoms with Crippen LogP contribution in [0.25, 0.3) is 0 Å². The van der Waals surface area contributed by atoms with Crippen LogP contribution in [-0.2, 0) is 11.2 Å². The van der Waals surface area contributed by atoms with Gasteiger partial charge in [-0.1, -0.05) is 19.1 Å². The van der Waals surface area contributed by atoms with Crippen LogP contribution in [0, 0.1) is 0 Å². The smallest absolute Gasteiger partial charge is 0.189 e. The fourth-order valence-corrected chi connectivity index (χ4v) is 2.01. The van der Waals surface area contributed by atoms with Crippen molar-refractivity contribution in [2.75, 3.05) is 13.4 Å². The summed E-state index contributed by atoms with van der Waals surface area (Å²) in [4.78, 5) is 0. The lowest BCUT2D eigenvalue weighted by atomic mass is 10.0. The molecule has 0 heterocycles. The zero-order chi connectivity index (χ0) is 12.7. The highest BCUT2D eigenvalue weighted by Crippen LogP contribution is 2.30. The number of nitrogens with two attached hydrogens (primary N) is 1. The van der Waals surface area contributed by atoms with Crippen molar-refractivity contribution in [3.63, 3.8) is 0 Å². The molecule has 0 aliphatic carbocycles. The van der Waals surface area contributed by atoms with Crippen molar-refractivity contribution >= 4 is 15.9 Å². The van der Waals surface area contributed by atoms with Crippen LogP contribution in [0.15, 0.2) is 22.7 Å². The van der Waals surface area contributed by atoms with Gasteiger partial charge in [-0.05, 0) is 47.3 Å². The number of hydrogen-bond acceptors (Lipinski definition) is 3. The zero-order valence-corrected chi connectivity index (χ0v) is 12.0. The molecule has 1 atom stereocenters. The van der Waals surface area contributed by atoms with Gasteiger partial charge in [0, 0.05) is 12.6 Å². The van der Waals surface area contributed by atoms with Crippen molar-refractivity contribution in [2.24, 2.45) is 5.73 Å². The first-order chi connectivity index (χ1) is 8.19. The number of para-hydroxylation sites is 1. The van der Waals surface area contributed by atoms with E-state index in [2.05, 4.69) is 22.9 Å². The molecule has 0 radical (unpaired) electrons. The molecule has 3 nitrogen and oxygen atoms in total. The Kier molecular flexibility index (Phi) is 6.55. The van der Waals surface area contributed by atoms with Crippen molar-refractivity contribution in [1.29, 1.82) is 0 Å². The molecule has 0 amide bonds. The predicted molar refractivity (Wildman–Crippen MR) is 73.2 cm³/mol. The molecule has 0 aliphatic heterocycles. The Morgan fingerprint density at radius 2 is 2.12 bits per heavy atom. The number of ether oxygens (including phenoxy) is 2. The van der Waals surface area contributed by atoms with E-state index in [0.29, 0.717) is 6.61 Å². The third kappa shape index (κ3) is 4.66. The minimum atomic E-state index is 0.166. The summed E-state index contributed by atoms with van der Waals surface area (Å²) in [6.45, 7) is 4.95. The molecule has 0 fully saturated rings. The lowest BCUT2D eigenvalue weighted by Gasteiger charge is -2.15. The summed E-state index contributed by atoms with van der Waals surface area (Å²) >= 11 is 3.49. The molecule has 2 N–H and O–H groups in total. The second-order valence-electron chi connectivity index (χ2n) is 3.86. The van der Waals surface area contributed by atoms with Crippen LogP contribution in [0.3, 0.4) is 0 Å². The molecule has 4 heteroatoms. The fraction of sp³-hybridized carbons (Fsp3) is 0.538. The molecule has 0 aliphatic rings. The molecule has 0 aromatic heterocycles. The minimum Gasteiger partial charge on any atom is -0.466 e. The number of halogens is 1. The first kappa shape index (κ1) is 14.5. The standard InChI is InChI=1S/C13H20BrNO2/c1-3-11(15)8-10-6-5-7-12(14)13(10)17-9-16-4-2/h5-7,11H,3-4,8-9,15H2,1-2H3. The second kappa shape index (κ2) is 7.69. The summed E-state index contributed by atoms with van der Waals surface area (Å²) in [6, 6.07) is 6.16. The first-order valence-electron chi connectivity index (χ1n) is 5.92. The highest BCUT2D eigenvalue weighted by atomic mass is 79.9. The monoisotopic (exact) mass is 301 g/mol. The summed E-state index contributed by atoms with van der Waals surface area (Å²) in [5.41, 5.74) is 7.10. The van der Waals surface area contributed by atoms with Crippen molar-refractivity contribution < 1.29 is 9.47 Å². The molecule has 1 unspecified atom stereocenters. The van der Waals surface area contributed by atoms with E-state index >= 15 is 0 Å². The Balaban J connectivity index is 2.76. The SMILES string of the molecule is CCOCOc1c(Br)cccc1CC(N)CC. The van der Waals surface area contributed by atoms with Gasteiger partial charge in [-0.25, -0.2) is 0 Å². The fourth-order valence-electron chi connectivity index (χ4n) is 1.49. The quantitative estimate of drug-likeness (QED) is 0.622. The topological polar surface area (TPSA) is 44.5 Å². The molecule has 1 rings (SSSR count). The van der Waals surface area contributed by atoms with Gasteiger partial charge in [-0.2, -0.15) is 0 Å². The molecule has 96 valence electrons. The third-order valence-electron chi connectivity index (χ3n) is 2.55. The highest BCUT2D eigenvalue weighted by molar-refractivity contribution is 9.10. The van der Waals surface area contributed by atoms with E-state index in [0.717, 1.165) is 28.6 Å². The van der Waals surface area contributed by atoms with Gasteiger partial charge < -0.3 is 15.2 Å². The van der Waals surface area contributed by atoms with Crippen molar-refractivity contribution in [3.05, 3.63) is 28.2 Å². The van der Waals surface area contributed by atoms with Gasteiger partial charge in [0.25, 0.3) is 0 Å². The van der Waals surface area contributed by atoms with Crippen LogP contribution in [0.1, 0.15) is 25.8 Å². The Labute approximate surface area is 111 Å². The van der Waals surface area contributed by atoms with E-state index in [1.54, 1.807) is 0 Å². The number of hydrogen-bond donors (Lipinski definition) is 1. The van der Waals surface area contributed by atoms with Gasteiger partial charge in [-0.3, -0.25) is 0 Å². The maximum atomic E-state index is 5.98. The molecule has 0 saturated heterocycles. The minimum absolute atomic E-state index is 0.166. The summed E-state index contributed by atoms with van der Waals surface area (Å²) in [6.07, 6.45) is 1.77. The predicted octanol–water partition coefficient (Wildman–Crippen LogP) is 3.10. The maximum Gasteiger partial charge on any atom is 0.189 e. The van der Waals surface area contributed by atoms with Gasteiger partial charge >= 0.3 is 0 Å². The van der Waals surface area contributed by atoms with Crippen molar-refractivity contribution in [1.82, 2.24) is 0 Å². The summed E-state index contributed by atoms with van der Waals surface area (Å²) < 4.78 is 11.8. The van der Waals surface area contributed by atoms with E-state index in [9.17, 15) is 0 Å². The molecular formula is C13H20BrNO2. The Hall–Kier alpha value is -0.580. The van der Waals surface area contributed by atoms with E-state index < -0.39 is 0 Å². The van der Waals surface area contributed by atoms with Gasteiger partial charge in [0.1, 0.15) is 5.75 Å². The molecule has 1 aromatic carbocycles. The highest BCUT2D eigenvalue weighted by Gasteiger charge is 2.10. The van der Waals surface area contributed by atoms with Gasteiger partial charge in [0.05, 0.1) is 4.47 Å². The third-order valence-corrected chi connectivity index (χ3v) is 3.17. The van der Waals surface area contributed by atoms with Crippen LogP contribution >= 0.6 is 15.9 Å². The largest absolute Gasteiger partial charge is 0.466 e. The molecular weight excluding hydrogens is 282 g/mol. The first-order valence-corrected chi connectivity index (χ1v) is 6.71. The summed E-state index contributed by atoms with van der Waals surface area (Å²) in [5, 5.41) is 0. The summed E-state index contributed by atoms with van der Waals surface area (Å²) in [5.74, 6) is 0.838. The molecule has 17 heavy (non-hydrogen) atoms. The average molecular weight is 302 g/mol. The van der Waals surface area contributed by atoms with Crippen LogP contribution in [0.4, 0.5) is 0 Å². The van der Waals surface area contributed by atoms with Crippen molar-refractivity contribution in [3.8, 4) is 5.75 Å². The maximum absolute atomic E-state index is 5.98. The average Bonchev–Trinajstić information content (AvgIpc) is 2.32. The number of benzene rings is 1. The normalized spacial score (nSPS) is 12.5. The van der Waals surface area contributed by atoms with Crippen LogP contribution in [0.2, 0.25) is 0 Å². The second-order valence-corrected chi connectivity index (χ2v) is 4.71. The van der Waals surface area contributed by atoms with E-state index in [1.165, 1.54) is 0 Å².